The fourth-order valence-electron chi connectivity index (χ4n) is 2.65. The van der Waals surface area contributed by atoms with Gasteiger partial charge in [-0.1, -0.05) is 66.2 Å². The Morgan fingerprint density at radius 3 is 2.08 bits per heavy atom. The molecular weight excluding hydrogens is 314 g/mol. The highest BCUT2D eigenvalue weighted by atomic mass is 16.2. The number of carbonyl (C=O) groups excluding carboxylic acids is 2. The van der Waals surface area contributed by atoms with E-state index in [1.807, 2.05) is 0 Å². The molecule has 0 saturated carbocycles. The molecule has 0 spiro atoms. The Hall–Kier alpha value is -1.10. The minimum absolute atomic E-state index is 0.00761. The van der Waals surface area contributed by atoms with E-state index in [9.17, 15) is 9.59 Å². The summed E-state index contributed by atoms with van der Waals surface area (Å²) in [7, 11) is 0. The Labute approximate surface area is 155 Å². The lowest BCUT2D eigenvalue weighted by atomic mass is 10.1. The topological polar surface area (TPSA) is 70.2 Å². The van der Waals surface area contributed by atoms with Crippen LogP contribution in [0.2, 0.25) is 0 Å². The first-order valence-electron chi connectivity index (χ1n) is 10.3. The molecule has 0 radical (unpaired) electrons. The molecule has 2 amide bonds. The molecular formula is C20H41N3O2. The molecule has 0 aromatic carbocycles. The number of amides is 2. The van der Waals surface area contributed by atoms with Gasteiger partial charge < -0.3 is 16.0 Å². The molecule has 0 aromatic heterocycles. The lowest BCUT2D eigenvalue weighted by Gasteiger charge is -2.19. The van der Waals surface area contributed by atoms with Crippen LogP contribution in [-0.4, -0.2) is 37.0 Å². The van der Waals surface area contributed by atoms with Gasteiger partial charge in [0.15, 0.2) is 0 Å². The largest absolute Gasteiger partial charge is 0.354 e. The zero-order chi connectivity index (χ0) is 18.9. The van der Waals surface area contributed by atoms with Gasteiger partial charge in [-0.2, -0.15) is 0 Å². The summed E-state index contributed by atoms with van der Waals surface area (Å²) >= 11 is 0. The average molecular weight is 356 g/mol. The number of unbranched alkanes of at least 4 members (excludes halogenated alkanes) is 6. The Morgan fingerprint density at radius 2 is 1.48 bits per heavy atom. The van der Waals surface area contributed by atoms with Gasteiger partial charge in [0.05, 0.1) is 0 Å². The SMILES string of the molecule is CCCCCCNC(=O)[C@@H](CCNC(C)C)NC(=O)CCCCCC. The first-order valence-corrected chi connectivity index (χ1v) is 10.3. The third-order valence-corrected chi connectivity index (χ3v) is 4.22. The van der Waals surface area contributed by atoms with E-state index in [-0.39, 0.29) is 11.8 Å². The van der Waals surface area contributed by atoms with Crippen molar-refractivity contribution in [2.45, 2.75) is 104 Å². The third kappa shape index (κ3) is 14.9. The summed E-state index contributed by atoms with van der Waals surface area (Å²) in [6.07, 6.45) is 9.96. The van der Waals surface area contributed by atoms with Gasteiger partial charge in [-0.05, 0) is 25.8 Å². The molecule has 0 aliphatic carbocycles. The molecule has 0 rings (SSSR count). The minimum atomic E-state index is -0.434. The highest BCUT2D eigenvalue weighted by Gasteiger charge is 2.19. The van der Waals surface area contributed by atoms with Crippen LogP contribution in [0.3, 0.4) is 0 Å². The molecule has 0 aliphatic rings. The number of nitrogens with one attached hydrogen (secondary N) is 3. The van der Waals surface area contributed by atoms with Gasteiger partial charge in [0.25, 0.3) is 0 Å². The molecule has 1 atom stereocenters. The van der Waals surface area contributed by atoms with E-state index in [2.05, 4.69) is 43.6 Å². The van der Waals surface area contributed by atoms with Crippen molar-refractivity contribution in [3.8, 4) is 0 Å². The van der Waals surface area contributed by atoms with Crippen LogP contribution in [0.5, 0.6) is 0 Å². The van der Waals surface area contributed by atoms with Crippen molar-refractivity contribution in [3.05, 3.63) is 0 Å². The molecule has 5 nitrogen and oxygen atoms in total. The number of carbonyl (C=O) groups is 2. The van der Waals surface area contributed by atoms with Crippen LogP contribution in [0.1, 0.15) is 91.9 Å². The molecule has 0 fully saturated rings. The van der Waals surface area contributed by atoms with Gasteiger partial charge in [0.1, 0.15) is 6.04 Å². The molecule has 3 N–H and O–H groups in total. The van der Waals surface area contributed by atoms with Crippen molar-refractivity contribution in [2.75, 3.05) is 13.1 Å². The van der Waals surface area contributed by atoms with E-state index >= 15 is 0 Å². The fourth-order valence-corrected chi connectivity index (χ4v) is 2.65. The maximum atomic E-state index is 12.4. The molecule has 0 bridgehead atoms. The predicted molar refractivity (Wildman–Crippen MR) is 106 cm³/mol. The lowest BCUT2D eigenvalue weighted by molar-refractivity contribution is -0.129. The fraction of sp³-hybridized carbons (Fsp3) is 0.900. The monoisotopic (exact) mass is 355 g/mol. The van der Waals surface area contributed by atoms with Gasteiger partial charge in [0, 0.05) is 19.0 Å². The van der Waals surface area contributed by atoms with Gasteiger partial charge in [-0.15, -0.1) is 0 Å². The molecule has 0 unspecified atom stereocenters. The number of hydrogen-bond acceptors (Lipinski definition) is 3. The van der Waals surface area contributed by atoms with Gasteiger partial charge in [-0.25, -0.2) is 0 Å². The van der Waals surface area contributed by atoms with Crippen LogP contribution < -0.4 is 16.0 Å². The zero-order valence-electron chi connectivity index (χ0n) is 17.0. The first kappa shape index (κ1) is 23.9. The molecule has 0 heterocycles. The van der Waals surface area contributed by atoms with E-state index in [0.29, 0.717) is 25.4 Å². The summed E-state index contributed by atoms with van der Waals surface area (Å²) in [6.45, 7) is 9.90. The molecule has 148 valence electrons. The first-order chi connectivity index (χ1) is 12.0. The Balaban J connectivity index is 4.27. The van der Waals surface area contributed by atoms with Crippen molar-refractivity contribution in [1.29, 1.82) is 0 Å². The smallest absolute Gasteiger partial charge is 0.242 e. The Bertz CT molecular complexity index is 346. The molecule has 0 aliphatic heterocycles. The minimum Gasteiger partial charge on any atom is -0.354 e. The molecule has 0 saturated heterocycles. The van der Waals surface area contributed by atoms with E-state index in [0.717, 1.165) is 45.1 Å². The average Bonchev–Trinajstić information content (AvgIpc) is 2.57. The summed E-state index contributed by atoms with van der Waals surface area (Å²) < 4.78 is 0. The van der Waals surface area contributed by atoms with Crippen LogP contribution in [-0.2, 0) is 9.59 Å². The van der Waals surface area contributed by atoms with Gasteiger partial charge in [0.2, 0.25) is 11.8 Å². The maximum Gasteiger partial charge on any atom is 0.242 e. The van der Waals surface area contributed by atoms with E-state index in [1.165, 1.54) is 12.8 Å². The third-order valence-electron chi connectivity index (χ3n) is 4.22. The predicted octanol–water partition coefficient (Wildman–Crippen LogP) is 3.53. The second-order valence-electron chi connectivity index (χ2n) is 7.18. The molecule has 5 heteroatoms. The van der Waals surface area contributed by atoms with Crippen LogP contribution in [0, 0.1) is 0 Å². The summed E-state index contributed by atoms with van der Waals surface area (Å²) in [5.74, 6) is -0.0595. The lowest BCUT2D eigenvalue weighted by Crippen LogP contribution is -2.48. The van der Waals surface area contributed by atoms with Crippen LogP contribution >= 0.6 is 0 Å². The molecule has 25 heavy (non-hydrogen) atoms. The highest BCUT2D eigenvalue weighted by molar-refractivity contribution is 5.87. The van der Waals surface area contributed by atoms with Crippen molar-refractivity contribution < 1.29 is 9.59 Å². The number of rotatable bonds is 16. The maximum absolute atomic E-state index is 12.4. The summed E-state index contributed by atoms with van der Waals surface area (Å²) in [6, 6.07) is -0.0569. The van der Waals surface area contributed by atoms with E-state index < -0.39 is 6.04 Å². The summed E-state index contributed by atoms with van der Waals surface area (Å²) in [4.78, 5) is 24.5. The van der Waals surface area contributed by atoms with Crippen molar-refractivity contribution in [3.63, 3.8) is 0 Å². The second kappa shape index (κ2) is 16.4. The standard InChI is InChI=1S/C20H41N3O2/c1-5-7-9-11-13-19(24)23-18(14-16-21-17(3)4)20(25)22-15-12-10-8-6-2/h17-18,21H,5-16H2,1-4H3,(H,22,25)(H,23,24)/t18-/m1/s1. The Kier molecular flexibility index (Phi) is 15.7. The van der Waals surface area contributed by atoms with Crippen LogP contribution in [0.25, 0.3) is 0 Å². The van der Waals surface area contributed by atoms with E-state index in [1.54, 1.807) is 0 Å². The van der Waals surface area contributed by atoms with Crippen molar-refractivity contribution in [1.82, 2.24) is 16.0 Å². The summed E-state index contributed by atoms with van der Waals surface area (Å²) in [5, 5.41) is 9.23. The van der Waals surface area contributed by atoms with Crippen molar-refractivity contribution in [2.24, 2.45) is 0 Å². The Morgan fingerprint density at radius 1 is 0.840 bits per heavy atom. The highest BCUT2D eigenvalue weighted by Crippen LogP contribution is 2.03. The summed E-state index contributed by atoms with van der Waals surface area (Å²) in [5.41, 5.74) is 0. The normalized spacial score (nSPS) is 12.2. The number of hydrogen-bond donors (Lipinski definition) is 3. The zero-order valence-corrected chi connectivity index (χ0v) is 17.0. The van der Waals surface area contributed by atoms with Crippen molar-refractivity contribution >= 4 is 11.8 Å². The second-order valence-corrected chi connectivity index (χ2v) is 7.18. The molecule has 0 aromatic rings. The van der Waals surface area contributed by atoms with E-state index in [4.69, 9.17) is 0 Å². The quantitative estimate of drug-likeness (QED) is 0.371. The van der Waals surface area contributed by atoms with Gasteiger partial charge in [-0.3, -0.25) is 9.59 Å². The van der Waals surface area contributed by atoms with Crippen LogP contribution in [0.4, 0.5) is 0 Å². The van der Waals surface area contributed by atoms with Gasteiger partial charge >= 0.3 is 0 Å². The van der Waals surface area contributed by atoms with Crippen LogP contribution in [0.15, 0.2) is 0 Å².